The van der Waals surface area contributed by atoms with Gasteiger partial charge in [-0.3, -0.25) is 0 Å². The van der Waals surface area contributed by atoms with Gasteiger partial charge in [-0.05, 0) is 67.8 Å². The van der Waals surface area contributed by atoms with Crippen molar-refractivity contribution < 1.29 is 9.84 Å². The van der Waals surface area contributed by atoms with Crippen LogP contribution in [-0.4, -0.2) is 5.11 Å². The molecule has 1 aliphatic heterocycles. The zero-order chi connectivity index (χ0) is 14.3. The molecule has 5 heteroatoms. The molecule has 2 atom stereocenters. The molecule has 3 rings (SSSR count). The van der Waals surface area contributed by atoms with Crippen molar-refractivity contribution in [2.75, 3.05) is 0 Å². The average molecular weight is 463 g/mol. The van der Waals surface area contributed by atoms with Crippen LogP contribution in [0.2, 0.25) is 0 Å². The fourth-order valence-electron chi connectivity index (χ4n) is 2.33. The van der Waals surface area contributed by atoms with E-state index in [4.69, 9.17) is 4.74 Å². The van der Waals surface area contributed by atoms with Gasteiger partial charge < -0.3 is 9.84 Å². The van der Waals surface area contributed by atoms with Gasteiger partial charge in [0.15, 0.2) is 0 Å². The molecule has 2 aromatic carbocycles. The van der Waals surface area contributed by atoms with Crippen LogP contribution in [0.25, 0.3) is 0 Å². The maximum absolute atomic E-state index is 10.3. The van der Waals surface area contributed by atoms with E-state index in [2.05, 4.69) is 47.8 Å². The summed E-state index contributed by atoms with van der Waals surface area (Å²) in [6.45, 7) is 0. The molecule has 0 radical (unpaired) electrons. The van der Waals surface area contributed by atoms with Crippen molar-refractivity contribution >= 4 is 47.8 Å². The fourth-order valence-corrected chi connectivity index (χ4v) is 3.36. The van der Waals surface area contributed by atoms with Crippen LogP contribution in [-0.2, 0) is 0 Å². The summed E-state index contributed by atoms with van der Waals surface area (Å²) in [7, 11) is 0. The van der Waals surface area contributed by atoms with Crippen molar-refractivity contribution in [1.82, 2.24) is 0 Å². The van der Waals surface area contributed by atoms with Crippen molar-refractivity contribution in [3.63, 3.8) is 0 Å². The molecule has 0 saturated carbocycles. The molecule has 1 unspecified atom stereocenters. The highest BCUT2D eigenvalue weighted by atomic mass is 79.9. The highest BCUT2D eigenvalue weighted by molar-refractivity contribution is 9.13. The summed E-state index contributed by atoms with van der Waals surface area (Å²) in [6, 6.07) is 11.7. The number of ether oxygens (including phenoxy) is 1. The Labute approximate surface area is 142 Å². The van der Waals surface area contributed by atoms with Gasteiger partial charge in [-0.2, -0.15) is 0 Å². The van der Waals surface area contributed by atoms with Gasteiger partial charge >= 0.3 is 0 Å². The summed E-state index contributed by atoms with van der Waals surface area (Å²) in [5.74, 6) is 0.746. The van der Waals surface area contributed by atoms with Crippen LogP contribution in [0, 0.1) is 0 Å². The van der Waals surface area contributed by atoms with E-state index in [9.17, 15) is 5.11 Å². The lowest BCUT2D eigenvalue weighted by atomic mass is 9.95. The van der Waals surface area contributed by atoms with Crippen LogP contribution in [0.15, 0.2) is 49.8 Å². The predicted molar refractivity (Wildman–Crippen MR) is 88.9 cm³/mol. The van der Waals surface area contributed by atoms with Crippen LogP contribution < -0.4 is 4.74 Å². The second kappa shape index (κ2) is 5.79. The molecule has 0 aliphatic carbocycles. The molecule has 1 heterocycles. The Morgan fingerprint density at radius 1 is 1.00 bits per heavy atom. The number of halogens is 3. The van der Waals surface area contributed by atoms with E-state index in [1.807, 2.05) is 36.4 Å². The van der Waals surface area contributed by atoms with Gasteiger partial charge in [0.25, 0.3) is 0 Å². The Balaban J connectivity index is 1.94. The molecule has 104 valence electrons. The number of hydrogen-bond acceptors (Lipinski definition) is 2. The van der Waals surface area contributed by atoms with E-state index in [1.54, 1.807) is 0 Å². The standard InChI is InChI=1S/C15H11Br3O2/c16-9-2-4-14-10(6-9)13(19)7-15(20-14)8-1-3-11(17)12(18)5-8/h1-6,13,15,19H,7H2/t13-,15?/m1/s1. The third-order valence-electron chi connectivity index (χ3n) is 3.35. The third-order valence-corrected chi connectivity index (χ3v) is 5.73. The Morgan fingerprint density at radius 2 is 1.80 bits per heavy atom. The highest BCUT2D eigenvalue weighted by Crippen LogP contribution is 2.42. The van der Waals surface area contributed by atoms with Crippen molar-refractivity contribution in [1.29, 1.82) is 0 Å². The zero-order valence-electron chi connectivity index (χ0n) is 10.3. The normalized spacial score (nSPS) is 21.2. The average Bonchev–Trinajstić information content (AvgIpc) is 2.42. The number of aliphatic hydroxyl groups excluding tert-OH is 1. The summed E-state index contributed by atoms with van der Waals surface area (Å²) in [4.78, 5) is 0. The topological polar surface area (TPSA) is 29.5 Å². The third kappa shape index (κ3) is 2.82. The first-order valence-electron chi connectivity index (χ1n) is 6.13. The molecule has 0 fully saturated rings. The van der Waals surface area contributed by atoms with Crippen molar-refractivity contribution in [2.45, 2.75) is 18.6 Å². The SMILES string of the molecule is O[C@@H]1CC(c2ccc(Br)c(Br)c2)Oc2ccc(Br)cc21. The number of benzene rings is 2. The van der Waals surface area contributed by atoms with Crippen molar-refractivity contribution in [2.24, 2.45) is 0 Å². The predicted octanol–water partition coefficient (Wildman–Crippen LogP) is 5.53. The molecular weight excluding hydrogens is 452 g/mol. The van der Waals surface area contributed by atoms with Crippen LogP contribution in [0.5, 0.6) is 5.75 Å². The summed E-state index contributed by atoms with van der Waals surface area (Å²) >= 11 is 10.4. The monoisotopic (exact) mass is 460 g/mol. The van der Waals surface area contributed by atoms with E-state index < -0.39 is 6.10 Å². The first-order chi connectivity index (χ1) is 9.54. The number of aliphatic hydroxyl groups is 1. The van der Waals surface area contributed by atoms with E-state index in [-0.39, 0.29) is 6.10 Å². The maximum atomic E-state index is 10.3. The maximum Gasteiger partial charge on any atom is 0.127 e. The lowest BCUT2D eigenvalue weighted by molar-refractivity contribution is 0.0656. The minimum atomic E-state index is -0.510. The molecule has 1 aliphatic rings. The van der Waals surface area contributed by atoms with Gasteiger partial charge in [0.1, 0.15) is 11.9 Å². The summed E-state index contributed by atoms with van der Waals surface area (Å²) in [5, 5.41) is 10.3. The van der Waals surface area contributed by atoms with Crippen LogP contribution >= 0.6 is 47.8 Å². The van der Waals surface area contributed by atoms with Crippen LogP contribution in [0.1, 0.15) is 29.8 Å². The Kier molecular flexibility index (Phi) is 4.22. The summed E-state index contributed by atoms with van der Waals surface area (Å²) in [6.07, 6.45) is -0.0934. The number of fused-ring (bicyclic) bond motifs is 1. The van der Waals surface area contributed by atoms with E-state index in [1.165, 1.54) is 0 Å². The first kappa shape index (κ1) is 14.6. The molecule has 2 aromatic rings. The van der Waals surface area contributed by atoms with Gasteiger partial charge in [0.2, 0.25) is 0 Å². The second-order valence-electron chi connectivity index (χ2n) is 4.71. The molecule has 0 bridgehead atoms. The van der Waals surface area contributed by atoms with Gasteiger partial charge in [0.05, 0.1) is 6.10 Å². The minimum absolute atomic E-state index is 0.136. The van der Waals surface area contributed by atoms with E-state index in [0.29, 0.717) is 6.42 Å². The van der Waals surface area contributed by atoms with Crippen molar-refractivity contribution in [3.8, 4) is 5.75 Å². The molecular formula is C15H11Br3O2. The summed E-state index contributed by atoms with van der Waals surface area (Å²) < 4.78 is 8.95. The fraction of sp³-hybridized carbons (Fsp3) is 0.200. The smallest absolute Gasteiger partial charge is 0.127 e. The summed E-state index contributed by atoms with van der Waals surface area (Å²) in [5.41, 5.74) is 1.89. The first-order valence-corrected chi connectivity index (χ1v) is 8.51. The zero-order valence-corrected chi connectivity index (χ0v) is 15.1. The molecule has 0 aromatic heterocycles. The van der Waals surface area contributed by atoms with Gasteiger partial charge in [-0.1, -0.05) is 22.0 Å². The Bertz CT molecular complexity index is 658. The van der Waals surface area contributed by atoms with Crippen LogP contribution in [0.3, 0.4) is 0 Å². The minimum Gasteiger partial charge on any atom is -0.485 e. The van der Waals surface area contributed by atoms with Crippen molar-refractivity contribution in [3.05, 3.63) is 60.9 Å². The van der Waals surface area contributed by atoms with E-state index >= 15 is 0 Å². The number of rotatable bonds is 1. The molecule has 20 heavy (non-hydrogen) atoms. The van der Waals surface area contributed by atoms with Gasteiger partial charge in [-0.25, -0.2) is 0 Å². The Morgan fingerprint density at radius 3 is 2.55 bits per heavy atom. The molecule has 0 spiro atoms. The molecule has 1 N–H and O–H groups in total. The molecule has 2 nitrogen and oxygen atoms in total. The molecule has 0 amide bonds. The lowest BCUT2D eigenvalue weighted by Crippen LogP contribution is -2.19. The number of hydrogen-bond donors (Lipinski definition) is 1. The lowest BCUT2D eigenvalue weighted by Gasteiger charge is -2.30. The van der Waals surface area contributed by atoms with Gasteiger partial charge in [0, 0.05) is 25.4 Å². The Hall–Kier alpha value is -0.360. The second-order valence-corrected chi connectivity index (χ2v) is 7.34. The van der Waals surface area contributed by atoms with E-state index in [0.717, 1.165) is 30.3 Å². The van der Waals surface area contributed by atoms with Gasteiger partial charge in [-0.15, -0.1) is 0 Å². The highest BCUT2D eigenvalue weighted by Gasteiger charge is 2.28. The largest absolute Gasteiger partial charge is 0.485 e. The van der Waals surface area contributed by atoms with Crippen LogP contribution in [0.4, 0.5) is 0 Å². The quantitative estimate of drug-likeness (QED) is 0.603. The molecule has 0 saturated heterocycles.